The summed E-state index contributed by atoms with van der Waals surface area (Å²) in [6.45, 7) is 10.6. The van der Waals surface area contributed by atoms with Crippen molar-refractivity contribution in [2.75, 3.05) is 19.8 Å². The molecule has 0 saturated heterocycles. The van der Waals surface area contributed by atoms with Gasteiger partial charge in [-0.1, -0.05) is 38.1 Å². The first kappa shape index (κ1) is 17.2. The second-order valence-electron chi connectivity index (χ2n) is 4.81. The molecular weight excluding hydrogens is 250 g/mol. The van der Waals surface area contributed by atoms with Gasteiger partial charge in [0.2, 0.25) is 0 Å². The summed E-state index contributed by atoms with van der Waals surface area (Å²) in [4.78, 5) is 0. The van der Waals surface area contributed by atoms with Crippen molar-refractivity contribution in [1.29, 1.82) is 0 Å². The lowest BCUT2D eigenvalue weighted by Crippen LogP contribution is -2.36. The Hall–Kier alpha value is -0.900. The molecule has 0 aliphatic rings. The first-order chi connectivity index (χ1) is 9.76. The summed E-state index contributed by atoms with van der Waals surface area (Å²) < 4.78 is 11.6. The minimum atomic E-state index is -0.233. The Morgan fingerprint density at radius 1 is 1.05 bits per heavy atom. The maximum Gasteiger partial charge on any atom is 0.176 e. The number of hydrogen-bond acceptors (Lipinski definition) is 3. The van der Waals surface area contributed by atoms with E-state index in [1.807, 2.05) is 13.8 Å². The predicted octanol–water partition coefficient (Wildman–Crippen LogP) is 3.69. The maximum absolute atomic E-state index is 5.78. The van der Waals surface area contributed by atoms with Gasteiger partial charge in [-0.25, -0.2) is 0 Å². The van der Waals surface area contributed by atoms with Crippen molar-refractivity contribution in [2.24, 2.45) is 0 Å². The van der Waals surface area contributed by atoms with E-state index in [-0.39, 0.29) is 12.3 Å². The van der Waals surface area contributed by atoms with E-state index in [1.165, 1.54) is 11.1 Å². The summed E-state index contributed by atoms with van der Waals surface area (Å²) in [5.74, 6) is 0. The number of ether oxygens (including phenoxy) is 2. The predicted molar refractivity (Wildman–Crippen MR) is 83.9 cm³/mol. The van der Waals surface area contributed by atoms with E-state index in [4.69, 9.17) is 9.47 Å². The molecule has 1 aromatic carbocycles. The molecule has 3 nitrogen and oxygen atoms in total. The molecule has 1 atom stereocenters. The molecule has 1 N–H and O–H groups in total. The zero-order valence-electron chi connectivity index (χ0n) is 13.3. The molecule has 0 amide bonds. The van der Waals surface area contributed by atoms with Crippen LogP contribution < -0.4 is 5.32 Å². The lowest BCUT2D eigenvalue weighted by atomic mass is 10.0. The first-order valence-corrected chi connectivity index (χ1v) is 7.82. The van der Waals surface area contributed by atoms with Crippen molar-refractivity contribution in [3.8, 4) is 0 Å². The van der Waals surface area contributed by atoms with Gasteiger partial charge in [-0.15, -0.1) is 0 Å². The molecule has 0 radical (unpaired) electrons. The van der Waals surface area contributed by atoms with Crippen LogP contribution in [-0.2, 0) is 15.9 Å². The fourth-order valence-corrected chi connectivity index (χ4v) is 2.25. The zero-order valence-corrected chi connectivity index (χ0v) is 13.3. The van der Waals surface area contributed by atoms with Gasteiger partial charge < -0.3 is 14.8 Å². The van der Waals surface area contributed by atoms with E-state index < -0.39 is 0 Å². The van der Waals surface area contributed by atoms with Crippen molar-refractivity contribution < 1.29 is 9.47 Å². The van der Waals surface area contributed by atoms with Crippen LogP contribution in [0.25, 0.3) is 0 Å². The largest absolute Gasteiger partial charge is 0.351 e. The van der Waals surface area contributed by atoms with Crippen molar-refractivity contribution in [3.63, 3.8) is 0 Å². The van der Waals surface area contributed by atoms with Gasteiger partial charge in [0.1, 0.15) is 0 Å². The molecule has 114 valence electrons. The molecule has 0 saturated carbocycles. The molecule has 0 spiro atoms. The average molecular weight is 279 g/mol. The number of hydrogen-bond donors (Lipinski definition) is 1. The maximum atomic E-state index is 5.78. The summed E-state index contributed by atoms with van der Waals surface area (Å²) in [6.07, 6.45) is 1.90. The number of nitrogens with one attached hydrogen (secondary N) is 1. The summed E-state index contributed by atoms with van der Waals surface area (Å²) in [5, 5.41) is 3.56. The van der Waals surface area contributed by atoms with E-state index in [0.717, 1.165) is 19.4 Å². The lowest BCUT2D eigenvalue weighted by molar-refractivity contribution is -0.155. The molecule has 1 unspecified atom stereocenters. The second kappa shape index (κ2) is 9.92. The average Bonchev–Trinajstić information content (AvgIpc) is 2.48. The van der Waals surface area contributed by atoms with Gasteiger partial charge in [-0.3, -0.25) is 0 Å². The molecule has 1 rings (SSSR count). The molecule has 0 aromatic heterocycles. The molecule has 3 heteroatoms. The Morgan fingerprint density at radius 3 is 2.30 bits per heavy atom. The third-order valence-corrected chi connectivity index (χ3v) is 3.27. The Morgan fingerprint density at radius 2 is 1.75 bits per heavy atom. The molecule has 0 bridgehead atoms. The van der Waals surface area contributed by atoms with Crippen molar-refractivity contribution >= 4 is 0 Å². The topological polar surface area (TPSA) is 30.5 Å². The van der Waals surface area contributed by atoms with E-state index in [0.29, 0.717) is 13.2 Å². The molecule has 0 aliphatic heterocycles. The highest BCUT2D eigenvalue weighted by molar-refractivity contribution is 5.26. The van der Waals surface area contributed by atoms with Gasteiger partial charge in [-0.2, -0.15) is 0 Å². The van der Waals surface area contributed by atoms with Crippen LogP contribution >= 0.6 is 0 Å². The van der Waals surface area contributed by atoms with Crippen molar-refractivity contribution in [1.82, 2.24) is 5.32 Å². The Kier molecular flexibility index (Phi) is 8.51. The fourth-order valence-electron chi connectivity index (χ4n) is 2.25. The highest BCUT2D eigenvalue weighted by Gasteiger charge is 2.23. The fraction of sp³-hybridized carbons (Fsp3) is 0.647. The lowest BCUT2D eigenvalue weighted by Gasteiger charge is -2.28. The minimum Gasteiger partial charge on any atom is -0.351 e. The van der Waals surface area contributed by atoms with E-state index in [2.05, 4.69) is 43.4 Å². The summed E-state index contributed by atoms with van der Waals surface area (Å²) in [6, 6.07) is 8.76. The summed E-state index contributed by atoms with van der Waals surface area (Å²) in [5.41, 5.74) is 2.59. The van der Waals surface area contributed by atoms with Crippen molar-refractivity contribution in [2.45, 2.75) is 52.9 Å². The Labute approximate surface area is 123 Å². The number of rotatable bonds is 10. The second-order valence-corrected chi connectivity index (χ2v) is 4.81. The van der Waals surface area contributed by atoms with E-state index in [9.17, 15) is 0 Å². The van der Waals surface area contributed by atoms with Crippen LogP contribution in [-0.4, -0.2) is 26.0 Å². The van der Waals surface area contributed by atoms with E-state index in [1.54, 1.807) is 0 Å². The van der Waals surface area contributed by atoms with Crippen molar-refractivity contribution in [3.05, 3.63) is 35.4 Å². The minimum absolute atomic E-state index is 0.0846. The van der Waals surface area contributed by atoms with Crippen LogP contribution in [0.4, 0.5) is 0 Å². The van der Waals surface area contributed by atoms with Crippen LogP contribution in [0.1, 0.15) is 51.3 Å². The SMILES string of the molecule is CCCNC(c1cccc(CC)c1)C(OCC)OCC. The van der Waals surface area contributed by atoms with E-state index >= 15 is 0 Å². The highest BCUT2D eigenvalue weighted by Crippen LogP contribution is 2.22. The molecular formula is C17H29NO2. The quantitative estimate of drug-likeness (QED) is 0.663. The monoisotopic (exact) mass is 279 g/mol. The van der Waals surface area contributed by atoms with Crippen LogP contribution in [0.3, 0.4) is 0 Å². The molecule has 20 heavy (non-hydrogen) atoms. The van der Waals surface area contributed by atoms with Gasteiger partial charge in [0.25, 0.3) is 0 Å². The first-order valence-electron chi connectivity index (χ1n) is 7.82. The standard InChI is InChI=1S/C17H29NO2/c1-5-12-18-16(17(19-7-3)20-8-4)15-11-9-10-14(6-2)13-15/h9-11,13,16-18H,5-8,12H2,1-4H3. The smallest absolute Gasteiger partial charge is 0.176 e. The van der Waals surface area contributed by atoms with Crippen LogP contribution in [0, 0.1) is 0 Å². The molecule has 0 heterocycles. The normalized spacial score (nSPS) is 12.8. The van der Waals surface area contributed by atoms with Gasteiger partial charge >= 0.3 is 0 Å². The zero-order chi connectivity index (χ0) is 14.8. The van der Waals surface area contributed by atoms with Gasteiger partial charge in [0, 0.05) is 13.2 Å². The van der Waals surface area contributed by atoms with Gasteiger partial charge in [-0.05, 0) is 44.4 Å². The van der Waals surface area contributed by atoms with Crippen LogP contribution in [0.5, 0.6) is 0 Å². The Bertz CT molecular complexity index is 362. The third-order valence-electron chi connectivity index (χ3n) is 3.27. The van der Waals surface area contributed by atoms with Gasteiger partial charge in [0.05, 0.1) is 6.04 Å². The summed E-state index contributed by atoms with van der Waals surface area (Å²) >= 11 is 0. The molecule has 0 fully saturated rings. The number of benzene rings is 1. The summed E-state index contributed by atoms with van der Waals surface area (Å²) in [7, 11) is 0. The molecule has 0 aliphatic carbocycles. The third kappa shape index (κ3) is 5.23. The van der Waals surface area contributed by atoms with Gasteiger partial charge in [0.15, 0.2) is 6.29 Å². The highest BCUT2D eigenvalue weighted by atomic mass is 16.7. The van der Waals surface area contributed by atoms with Crippen LogP contribution in [0.2, 0.25) is 0 Å². The number of aryl methyl sites for hydroxylation is 1. The molecule has 1 aromatic rings. The van der Waals surface area contributed by atoms with Crippen LogP contribution in [0.15, 0.2) is 24.3 Å². The Balaban J connectivity index is 2.94.